The zero-order chi connectivity index (χ0) is 15.4. The van der Waals surface area contributed by atoms with E-state index >= 15 is 0 Å². The molecule has 1 unspecified atom stereocenters. The maximum atomic E-state index is 12.4. The second-order valence-corrected chi connectivity index (χ2v) is 6.37. The molecule has 1 aliphatic carbocycles. The highest BCUT2D eigenvalue weighted by Gasteiger charge is 2.44. The zero-order valence-corrected chi connectivity index (χ0v) is 11.5. The molecule has 118 valence electrons. The Morgan fingerprint density at radius 2 is 1.80 bits per heavy atom. The molecular formula is C11H16F3O5S-. The van der Waals surface area contributed by atoms with Gasteiger partial charge in [0.25, 0.3) is 0 Å². The Hall–Kier alpha value is -0.830. The van der Waals surface area contributed by atoms with Gasteiger partial charge in [-0.25, -0.2) is 8.42 Å². The van der Waals surface area contributed by atoms with Crippen LogP contribution in [-0.2, 0) is 19.6 Å². The van der Waals surface area contributed by atoms with Crippen molar-refractivity contribution < 1.29 is 35.7 Å². The fraction of sp³-hybridized carbons (Fsp3) is 0.909. The van der Waals surface area contributed by atoms with Crippen LogP contribution >= 0.6 is 0 Å². The fourth-order valence-electron chi connectivity index (χ4n) is 2.19. The van der Waals surface area contributed by atoms with E-state index in [2.05, 4.69) is 4.74 Å². The number of hydrogen-bond donors (Lipinski definition) is 0. The summed E-state index contributed by atoms with van der Waals surface area (Å²) in [6.07, 6.45) is -2.23. The van der Waals surface area contributed by atoms with Gasteiger partial charge < -0.3 is 9.29 Å². The number of esters is 1. The molecule has 0 N–H and O–H groups in total. The third-order valence-corrected chi connectivity index (χ3v) is 4.48. The largest absolute Gasteiger partial charge is 0.747 e. The van der Waals surface area contributed by atoms with Crippen LogP contribution in [-0.4, -0.2) is 37.0 Å². The first-order chi connectivity index (χ1) is 9.12. The zero-order valence-electron chi connectivity index (χ0n) is 10.7. The Morgan fingerprint density at radius 1 is 1.25 bits per heavy atom. The molecule has 5 nitrogen and oxygen atoms in total. The monoisotopic (exact) mass is 317 g/mol. The lowest BCUT2D eigenvalue weighted by atomic mass is 9.89. The summed E-state index contributed by atoms with van der Waals surface area (Å²) in [5, 5.41) is -3.03. The highest BCUT2D eigenvalue weighted by molar-refractivity contribution is 7.86. The van der Waals surface area contributed by atoms with E-state index in [-0.39, 0.29) is 5.92 Å². The van der Waals surface area contributed by atoms with Gasteiger partial charge in [0.15, 0.2) is 0 Å². The van der Waals surface area contributed by atoms with E-state index in [1.807, 2.05) is 0 Å². The van der Waals surface area contributed by atoms with Crippen LogP contribution in [0, 0.1) is 5.92 Å². The normalized spacial score (nSPS) is 19.6. The third-order valence-electron chi connectivity index (χ3n) is 3.28. The van der Waals surface area contributed by atoms with E-state index in [9.17, 15) is 30.9 Å². The Bertz CT molecular complexity index is 426. The van der Waals surface area contributed by atoms with E-state index < -0.39 is 40.5 Å². The Kier molecular flexibility index (Phi) is 5.81. The molecule has 9 heteroatoms. The highest BCUT2D eigenvalue weighted by Crippen LogP contribution is 2.28. The van der Waals surface area contributed by atoms with E-state index in [0.717, 1.165) is 19.3 Å². The van der Waals surface area contributed by atoms with Crippen molar-refractivity contribution in [3.8, 4) is 0 Å². The first-order valence-corrected chi connectivity index (χ1v) is 7.77. The number of carbonyl (C=O) groups is 1. The summed E-state index contributed by atoms with van der Waals surface area (Å²) in [6, 6.07) is 0. The lowest BCUT2D eigenvalue weighted by molar-refractivity contribution is -0.154. The molecule has 0 amide bonds. The SMILES string of the molecule is O=C(OCCC(C(F)(F)F)S(=O)(=O)[O-])C1CCCCC1. The smallest absolute Gasteiger partial charge is 0.404 e. The van der Waals surface area contributed by atoms with Crippen molar-refractivity contribution in [1.29, 1.82) is 0 Å². The minimum Gasteiger partial charge on any atom is -0.747 e. The van der Waals surface area contributed by atoms with Crippen molar-refractivity contribution in [2.75, 3.05) is 6.61 Å². The van der Waals surface area contributed by atoms with Gasteiger partial charge in [-0.15, -0.1) is 0 Å². The molecule has 1 rings (SSSR count). The number of hydrogen-bond acceptors (Lipinski definition) is 5. The summed E-state index contributed by atoms with van der Waals surface area (Å²) < 4.78 is 73.4. The summed E-state index contributed by atoms with van der Waals surface area (Å²) in [4.78, 5) is 11.5. The summed E-state index contributed by atoms with van der Waals surface area (Å²) in [6.45, 7) is -0.721. The summed E-state index contributed by atoms with van der Waals surface area (Å²) in [7, 11) is -5.51. The van der Waals surface area contributed by atoms with Gasteiger partial charge in [-0.3, -0.25) is 4.79 Å². The van der Waals surface area contributed by atoms with E-state index in [1.54, 1.807) is 0 Å². The molecule has 0 aromatic heterocycles. The molecule has 0 heterocycles. The van der Waals surface area contributed by atoms with Crippen LogP contribution in [0.3, 0.4) is 0 Å². The quantitative estimate of drug-likeness (QED) is 0.572. The number of carbonyl (C=O) groups excluding carboxylic acids is 1. The van der Waals surface area contributed by atoms with Crippen molar-refractivity contribution >= 4 is 16.1 Å². The number of rotatable bonds is 5. The Morgan fingerprint density at radius 3 is 2.25 bits per heavy atom. The van der Waals surface area contributed by atoms with Crippen molar-refractivity contribution in [2.24, 2.45) is 5.92 Å². The molecule has 0 radical (unpaired) electrons. The van der Waals surface area contributed by atoms with Gasteiger partial charge in [0.05, 0.1) is 12.5 Å². The molecule has 0 saturated heterocycles. The van der Waals surface area contributed by atoms with Crippen molar-refractivity contribution in [3.63, 3.8) is 0 Å². The lowest BCUT2D eigenvalue weighted by Crippen LogP contribution is -2.37. The standard InChI is InChI=1S/C11H17F3O5S/c12-11(13,14)9(20(16,17)18)6-7-19-10(15)8-4-2-1-3-5-8/h8-9H,1-7H2,(H,16,17,18)/p-1. The van der Waals surface area contributed by atoms with Crippen molar-refractivity contribution in [3.05, 3.63) is 0 Å². The highest BCUT2D eigenvalue weighted by atomic mass is 32.2. The molecule has 0 aliphatic heterocycles. The number of halogens is 3. The van der Waals surface area contributed by atoms with Gasteiger partial charge in [0.1, 0.15) is 15.4 Å². The molecule has 1 aliphatic rings. The first-order valence-electron chi connectivity index (χ1n) is 6.30. The predicted molar refractivity (Wildman–Crippen MR) is 61.7 cm³/mol. The maximum absolute atomic E-state index is 12.4. The van der Waals surface area contributed by atoms with Crippen molar-refractivity contribution in [2.45, 2.75) is 50.0 Å². The van der Waals surface area contributed by atoms with Crippen LogP contribution in [0.1, 0.15) is 38.5 Å². The van der Waals surface area contributed by atoms with Gasteiger partial charge in [-0.05, 0) is 12.8 Å². The molecule has 1 saturated carbocycles. The molecule has 0 aromatic carbocycles. The van der Waals surface area contributed by atoms with E-state index in [0.29, 0.717) is 12.8 Å². The summed E-state index contributed by atoms with van der Waals surface area (Å²) >= 11 is 0. The topological polar surface area (TPSA) is 83.5 Å². The molecule has 20 heavy (non-hydrogen) atoms. The fourth-order valence-corrected chi connectivity index (χ4v) is 2.91. The van der Waals surface area contributed by atoms with Gasteiger partial charge in [0, 0.05) is 6.42 Å². The van der Waals surface area contributed by atoms with Gasteiger partial charge >= 0.3 is 12.1 Å². The molecular weight excluding hydrogens is 301 g/mol. The third kappa shape index (κ3) is 5.28. The van der Waals surface area contributed by atoms with E-state index in [1.165, 1.54) is 0 Å². The second kappa shape index (κ2) is 6.75. The average Bonchev–Trinajstić information content (AvgIpc) is 2.32. The molecule has 0 spiro atoms. The maximum Gasteiger partial charge on any atom is 0.404 e. The van der Waals surface area contributed by atoms with Gasteiger partial charge in [-0.2, -0.15) is 13.2 Å². The summed E-state index contributed by atoms with van der Waals surface area (Å²) in [5.74, 6) is -0.953. The molecule has 1 fully saturated rings. The lowest BCUT2D eigenvalue weighted by Gasteiger charge is -2.24. The number of alkyl halides is 3. The van der Waals surface area contributed by atoms with Gasteiger partial charge in [-0.1, -0.05) is 19.3 Å². The minimum absolute atomic E-state index is 0.336. The molecule has 1 atom stereocenters. The average molecular weight is 317 g/mol. The second-order valence-electron chi connectivity index (χ2n) is 4.81. The Labute approximate surface area is 115 Å². The Balaban J connectivity index is 2.46. The summed E-state index contributed by atoms with van der Waals surface area (Å²) in [5.41, 5.74) is 0. The van der Waals surface area contributed by atoms with Crippen molar-refractivity contribution in [1.82, 2.24) is 0 Å². The van der Waals surface area contributed by atoms with Crippen LogP contribution < -0.4 is 0 Å². The van der Waals surface area contributed by atoms with Crippen LogP contribution in [0.15, 0.2) is 0 Å². The molecule has 0 bridgehead atoms. The van der Waals surface area contributed by atoms with Crippen LogP contribution in [0.25, 0.3) is 0 Å². The molecule has 0 aromatic rings. The van der Waals surface area contributed by atoms with Gasteiger partial charge in [0.2, 0.25) is 0 Å². The van der Waals surface area contributed by atoms with Crippen LogP contribution in [0.2, 0.25) is 0 Å². The minimum atomic E-state index is -5.51. The predicted octanol–water partition coefficient (Wildman–Crippen LogP) is 1.98. The first kappa shape index (κ1) is 17.2. The van der Waals surface area contributed by atoms with Crippen LogP contribution in [0.5, 0.6) is 0 Å². The number of ether oxygens (including phenoxy) is 1. The van der Waals surface area contributed by atoms with E-state index in [4.69, 9.17) is 0 Å². The van der Waals surface area contributed by atoms with Crippen LogP contribution in [0.4, 0.5) is 13.2 Å².